The highest BCUT2D eigenvalue weighted by molar-refractivity contribution is 5.68. The SMILES string of the molecule is Cc1cc(CN2CCC(OCC(=O)O)CC2)cc(C)c1O. The molecule has 0 aliphatic carbocycles. The number of hydrogen-bond acceptors (Lipinski definition) is 4. The van der Waals surface area contributed by atoms with Crippen LogP contribution in [0.5, 0.6) is 5.75 Å². The number of carbonyl (C=O) groups is 1. The molecule has 21 heavy (non-hydrogen) atoms. The van der Waals surface area contributed by atoms with Crippen molar-refractivity contribution in [2.45, 2.75) is 39.3 Å². The van der Waals surface area contributed by atoms with Crippen molar-refractivity contribution in [1.82, 2.24) is 4.90 Å². The maximum atomic E-state index is 10.5. The number of aromatic hydroxyl groups is 1. The van der Waals surface area contributed by atoms with Gasteiger partial charge in [-0.15, -0.1) is 0 Å². The van der Waals surface area contributed by atoms with Gasteiger partial charge in [0.2, 0.25) is 0 Å². The van der Waals surface area contributed by atoms with Crippen LogP contribution in [-0.4, -0.2) is 46.9 Å². The van der Waals surface area contributed by atoms with Crippen LogP contribution in [0.15, 0.2) is 12.1 Å². The van der Waals surface area contributed by atoms with Crippen LogP contribution in [0.2, 0.25) is 0 Å². The molecule has 1 aromatic rings. The van der Waals surface area contributed by atoms with E-state index in [1.807, 2.05) is 26.0 Å². The maximum absolute atomic E-state index is 10.5. The van der Waals surface area contributed by atoms with Crippen LogP contribution in [0, 0.1) is 13.8 Å². The fourth-order valence-electron chi connectivity index (χ4n) is 2.82. The van der Waals surface area contributed by atoms with E-state index in [1.165, 1.54) is 5.56 Å². The van der Waals surface area contributed by atoms with Gasteiger partial charge in [0.05, 0.1) is 6.10 Å². The molecular weight excluding hydrogens is 270 g/mol. The van der Waals surface area contributed by atoms with Gasteiger partial charge in [0.15, 0.2) is 0 Å². The minimum absolute atomic E-state index is 0.0561. The van der Waals surface area contributed by atoms with Crippen molar-refractivity contribution in [3.63, 3.8) is 0 Å². The number of phenolic OH excluding ortho intramolecular Hbond substituents is 1. The fraction of sp³-hybridized carbons (Fsp3) is 0.562. The van der Waals surface area contributed by atoms with Gasteiger partial charge < -0.3 is 14.9 Å². The number of carboxylic acid groups (broad SMARTS) is 1. The molecule has 0 radical (unpaired) electrons. The number of aliphatic carboxylic acids is 1. The largest absolute Gasteiger partial charge is 0.507 e. The minimum atomic E-state index is -0.910. The Morgan fingerprint density at radius 2 is 1.86 bits per heavy atom. The molecule has 0 spiro atoms. The molecule has 1 aromatic carbocycles. The van der Waals surface area contributed by atoms with E-state index in [4.69, 9.17) is 9.84 Å². The molecule has 0 aromatic heterocycles. The zero-order valence-corrected chi connectivity index (χ0v) is 12.6. The van der Waals surface area contributed by atoms with Crippen molar-refractivity contribution in [1.29, 1.82) is 0 Å². The summed E-state index contributed by atoms with van der Waals surface area (Å²) in [7, 11) is 0. The molecule has 5 heteroatoms. The smallest absolute Gasteiger partial charge is 0.329 e. The number of rotatable bonds is 5. The Morgan fingerprint density at radius 1 is 1.29 bits per heavy atom. The number of aryl methyl sites for hydroxylation is 2. The highest BCUT2D eigenvalue weighted by Gasteiger charge is 2.20. The Bertz CT molecular complexity index is 484. The van der Waals surface area contributed by atoms with Gasteiger partial charge in [-0.3, -0.25) is 4.90 Å². The second-order valence-corrected chi connectivity index (χ2v) is 5.76. The molecule has 2 rings (SSSR count). The molecule has 1 aliphatic rings. The average Bonchev–Trinajstić information content (AvgIpc) is 2.44. The number of benzene rings is 1. The molecule has 2 N–H and O–H groups in total. The lowest BCUT2D eigenvalue weighted by Gasteiger charge is -2.31. The number of likely N-dealkylation sites (tertiary alicyclic amines) is 1. The van der Waals surface area contributed by atoms with Gasteiger partial charge in [0.1, 0.15) is 12.4 Å². The molecule has 0 amide bonds. The predicted octanol–water partition coefficient (Wildman–Crippen LogP) is 2.07. The molecule has 0 saturated carbocycles. The van der Waals surface area contributed by atoms with Gasteiger partial charge in [0.25, 0.3) is 0 Å². The van der Waals surface area contributed by atoms with E-state index in [9.17, 15) is 9.90 Å². The van der Waals surface area contributed by atoms with Crippen molar-refractivity contribution in [3.8, 4) is 5.75 Å². The quantitative estimate of drug-likeness (QED) is 0.870. The first-order valence-corrected chi connectivity index (χ1v) is 7.30. The summed E-state index contributed by atoms with van der Waals surface area (Å²) in [6.45, 7) is 6.29. The van der Waals surface area contributed by atoms with Gasteiger partial charge in [-0.25, -0.2) is 4.79 Å². The van der Waals surface area contributed by atoms with Crippen molar-refractivity contribution in [2.75, 3.05) is 19.7 Å². The molecule has 0 unspecified atom stereocenters. The molecular formula is C16H23NO4. The van der Waals surface area contributed by atoms with Crippen molar-refractivity contribution in [3.05, 3.63) is 28.8 Å². The van der Waals surface area contributed by atoms with Crippen molar-refractivity contribution >= 4 is 5.97 Å². The zero-order chi connectivity index (χ0) is 15.4. The monoisotopic (exact) mass is 293 g/mol. The Kier molecular flexibility index (Phi) is 5.20. The number of hydrogen-bond donors (Lipinski definition) is 2. The van der Waals surface area contributed by atoms with E-state index in [0.29, 0.717) is 5.75 Å². The van der Waals surface area contributed by atoms with E-state index in [1.54, 1.807) is 0 Å². The van der Waals surface area contributed by atoms with E-state index in [-0.39, 0.29) is 12.7 Å². The maximum Gasteiger partial charge on any atom is 0.329 e. The molecule has 0 bridgehead atoms. The summed E-state index contributed by atoms with van der Waals surface area (Å²) in [6, 6.07) is 4.05. The molecule has 0 atom stereocenters. The standard InChI is InChI=1S/C16H23NO4/c1-11-7-13(8-12(2)16(11)20)9-17-5-3-14(4-6-17)21-10-15(18)19/h7-8,14,20H,3-6,9-10H2,1-2H3,(H,18,19). The Labute approximate surface area is 125 Å². The number of piperidine rings is 1. The summed E-state index contributed by atoms with van der Waals surface area (Å²) in [5.41, 5.74) is 3.02. The van der Waals surface area contributed by atoms with E-state index >= 15 is 0 Å². The first-order valence-electron chi connectivity index (χ1n) is 7.30. The molecule has 116 valence electrons. The molecule has 1 aliphatic heterocycles. The van der Waals surface area contributed by atoms with Gasteiger partial charge in [-0.05, 0) is 43.4 Å². The molecule has 5 nitrogen and oxygen atoms in total. The molecule has 1 saturated heterocycles. The first kappa shape index (κ1) is 15.8. The van der Waals surface area contributed by atoms with Crippen LogP contribution in [0.3, 0.4) is 0 Å². The summed E-state index contributed by atoms with van der Waals surface area (Å²) in [6.07, 6.45) is 1.78. The van der Waals surface area contributed by atoms with Crippen LogP contribution in [-0.2, 0) is 16.1 Å². The molecule has 1 fully saturated rings. The molecule has 1 heterocycles. The van der Waals surface area contributed by atoms with E-state index in [2.05, 4.69) is 4.90 Å². The highest BCUT2D eigenvalue weighted by Crippen LogP contribution is 2.24. The number of carboxylic acids is 1. The normalized spacial score (nSPS) is 17.0. The summed E-state index contributed by atoms with van der Waals surface area (Å²) in [5.74, 6) is -0.535. The van der Waals surface area contributed by atoms with E-state index < -0.39 is 5.97 Å². The van der Waals surface area contributed by atoms with Crippen molar-refractivity contribution < 1.29 is 19.7 Å². The summed E-state index contributed by atoms with van der Waals surface area (Å²) in [4.78, 5) is 12.8. The lowest BCUT2D eigenvalue weighted by molar-refractivity contribution is -0.145. The first-order chi connectivity index (χ1) is 9.95. The Morgan fingerprint density at radius 3 is 2.38 bits per heavy atom. The lowest BCUT2D eigenvalue weighted by atomic mass is 10.0. The van der Waals surface area contributed by atoms with Crippen LogP contribution < -0.4 is 0 Å². The lowest BCUT2D eigenvalue weighted by Crippen LogP contribution is -2.37. The van der Waals surface area contributed by atoms with E-state index in [0.717, 1.165) is 43.6 Å². The van der Waals surface area contributed by atoms with Crippen LogP contribution >= 0.6 is 0 Å². The summed E-state index contributed by atoms with van der Waals surface area (Å²) in [5, 5.41) is 18.4. The second-order valence-electron chi connectivity index (χ2n) is 5.76. The van der Waals surface area contributed by atoms with Gasteiger partial charge in [-0.2, -0.15) is 0 Å². The fourth-order valence-corrected chi connectivity index (χ4v) is 2.82. The second kappa shape index (κ2) is 6.91. The summed E-state index contributed by atoms with van der Waals surface area (Å²) < 4.78 is 5.34. The minimum Gasteiger partial charge on any atom is -0.507 e. The number of phenols is 1. The van der Waals surface area contributed by atoms with Gasteiger partial charge in [-0.1, -0.05) is 12.1 Å². The van der Waals surface area contributed by atoms with Crippen LogP contribution in [0.25, 0.3) is 0 Å². The Balaban J connectivity index is 1.85. The van der Waals surface area contributed by atoms with Crippen LogP contribution in [0.1, 0.15) is 29.5 Å². The summed E-state index contributed by atoms with van der Waals surface area (Å²) >= 11 is 0. The van der Waals surface area contributed by atoms with Crippen molar-refractivity contribution in [2.24, 2.45) is 0 Å². The third kappa shape index (κ3) is 4.44. The zero-order valence-electron chi connectivity index (χ0n) is 12.6. The van der Waals surface area contributed by atoms with Gasteiger partial charge >= 0.3 is 5.97 Å². The number of ether oxygens (including phenoxy) is 1. The third-order valence-corrected chi connectivity index (χ3v) is 3.93. The van der Waals surface area contributed by atoms with Gasteiger partial charge in [0, 0.05) is 19.6 Å². The Hall–Kier alpha value is -1.59. The predicted molar refractivity (Wildman–Crippen MR) is 79.5 cm³/mol. The third-order valence-electron chi connectivity index (χ3n) is 3.93. The van der Waals surface area contributed by atoms with Crippen LogP contribution in [0.4, 0.5) is 0 Å². The topological polar surface area (TPSA) is 70.0 Å². The number of nitrogens with zero attached hydrogens (tertiary/aromatic N) is 1. The average molecular weight is 293 g/mol. The highest BCUT2D eigenvalue weighted by atomic mass is 16.5.